The maximum Gasteiger partial charge on any atom is 0.232 e. The van der Waals surface area contributed by atoms with Crippen LogP contribution in [0.2, 0.25) is 0 Å². The third-order valence-corrected chi connectivity index (χ3v) is 3.40. The van der Waals surface area contributed by atoms with Crippen LogP contribution < -0.4 is 11.1 Å². The van der Waals surface area contributed by atoms with Crippen molar-refractivity contribution in [2.75, 3.05) is 25.1 Å². The lowest BCUT2D eigenvalue weighted by Gasteiger charge is -2.34. The molecule has 2 rings (SSSR count). The predicted octanol–water partition coefficient (Wildman–Crippen LogP) is 1.94. The van der Waals surface area contributed by atoms with E-state index in [1.807, 2.05) is 0 Å². The van der Waals surface area contributed by atoms with Crippen LogP contribution in [0.4, 0.5) is 10.1 Å². The van der Waals surface area contributed by atoms with Crippen LogP contribution in [-0.4, -0.2) is 25.7 Å². The van der Waals surface area contributed by atoms with E-state index in [4.69, 9.17) is 10.5 Å². The number of hydrogen-bond acceptors (Lipinski definition) is 3. The average Bonchev–Trinajstić information content (AvgIpc) is 2.39. The maximum absolute atomic E-state index is 13.0. The second-order valence-electron chi connectivity index (χ2n) is 4.56. The van der Waals surface area contributed by atoms with E-state index in [0.717, 1.165) is 0 Å². The SMILES string of the molecule is Cl.NCC1(C(=O)Nc2cccc(F)c2)CCOCC1. The quantitative estimate of drug-likeness (QED) is 0.893. The van der Waals surface area contributed by atoms with E-state index in [2.05, 4.69) is 5.32 Å². The first-order valence-electron chi connectivity index (χ1n) is 6.01. The number of nitrogens with two attached hydrogens (primary N) is 1. The maximum atomic E-state index is 13.0. The molecule has 1 heterocycles. The molecular weight excluding hydrogens is 271 g/mol. The van der Waals surface area contributed by atoms with Crippen LogP contribution in [0.1, 0.15) is 12.8 Å². The van der Waals surface area contributed by atoms with Gasteiger partial charge in [0.15, 0.2) is 0 Å². The van der Waals surface area contributed by atoms with Crippen LogP contribution in [-0.2, 0) is 9.53 Å². The minimum Gasteiger partial charge on any atom is -0.381 e. The van der Waals surface area contributed by atoms with Gasteiger partial charge in [-0.05, 0) is 31.0 Å². The molecule has 1 aromatic carbocycles. The molecule has 1 aliphatic heterocycles. The summed E-state index contributed by atoms with van der Waals surface area (Å²) >= 11 is 0. The highest BCUT2D eigenvalue weighted by Gasteiger charge is 2.38. The smallest absolute Gasteiger partial charge is 0.232 e. The molecule has 0 aliphatic carbocycles. The van der Waals surface area contributed by atoms with E-state index in [9.17, 15) is 9.18 Å². The molecule has 19 heavy (non-hydrogen) atoms. The average molecular weight is 289 g/mol. The van der Waals surface area contributed by atoms with Gasteiger partial charge in [0.25, 0.3) is 0 Å². The highest BCUT2D eigenvalue weighted by molar-refractivity contribution is 5.95. The van der Waals surface area contributed by atoms with E-state index in [0.29, 0.717) is 31.7 Å². The fraction of sp³-hybridized carbons (Fsp3) is 0.462. The summed E-state index contributed by atoms with van der Waals surface area (Å²) in [5.41, 5.74) is 5.60. The van der Waals surface area contributed by atoms with E-state index in [1.54, 1.807) is 12.1 Å². The standard InChI is InChI=1S/C13H17FN2O2.ClH/c14-10-2-1-3-11(8-10)16-12(17)13(9-15)4-6-18-7-5-13;/h1-3,8H,4-7,9,15H2,(H,16,17);1H. The summed E-state index contributed by atoms with van der Waals surface area (Å²) in [4.78, 5) is 12.3. The summed E-state index contributed by atoms with van der Waals surface area (Å²) in [6.45, 7) is 1.35. The molecule has 106 valence electrons. The molecule has 0 saturated carbocycles. The van der Waals surface area contributed by atoms with Crippen molar-refractivity contribution >= 4 is 24.0 Å². The number of nitrogens with one attached hydrogen (secondary N) is 1. The molecule has 0 spiro atoms. The number of carbonyl (C=O) groups excluding carboxylic acids is 1. The van der Waals surface area contributed by atoms with Crippen molar-refractivity contribution in [3.8, 4) is 0 Å². The molecule has 6 heteroatoms. The molecule has 0 aromatic heterocycles. The first-order chi connectivity index (χ1) is 8.66. The largest absolute Gasteiger partial charge is 0.381 e. The topological polar surface area (TPSA) is 64.4 Å². The van der Waals surface area contributed by atoms with E-state index < -0.39 is 5.41 Å². The van der Waals surface area contributed by atoms with E-state index >= 15 is 0 Å². The summed E-state index contributed by atoms with van der Waals surface area (Å²) < 4.78 is 18.3. The molecule has 0 radical (unpaired) electrons. The Morgan fingerprint density at radius 3 is 2.68 bits per heavy atom. The molecular formula is C13H18ClFN2O2. The van der Waals surface area contributed by atoms with Gasteiger partial charge in [-0.15, -0.1) is 12.4 Å². The molecule has 0 bridgehead atoms. The number of halogens is 2. The van der Waals surface area contributed by atoms with Gasteiger partial charge in [0.05, 0.1) is 5.41 Å². The monoisotopic (exact) mass is 288 g/mol. The predicted molar refractivity (Wildman–Crippen MR) is 73.8 cm³/mol. The normalized spacial score (nSPS) is 17.4. The van der Waals surface area contributed by atoms with Crippen LogP contribution in [0.3, 0.4) is 0 Å². The van der Waals surface area contributed by atoms with Crippen molar-refractivity contribution in [2.45, 2.75) is 12.8 Å². The van der Waals surface area contributed by atoms with E-state index in [1.165, 1.54) is 12.1 Å². The second-order valence-corrected chi connectivity index (χ2v) is 4.56. The fourth-order valence-electron chi connectivity index (χ4n) is 2.12. The first kappa shape index (κ1) is 15.9. The number of amides is 1. The van der Waals surface area contributed by atoms with Crippen LogP contribution in [0, 0.1) is 11.2 Å². The summed E-state index contributed by atoms with van der Waals surface area (Å²) in [7, 11) is 0. The Morgan fingerprint density at radius 2 is 2.11 bits per heavy atom. The van der Waals surface area contributed by atoms with Gasteiger partial charge in [-0.25, -0.2) is 4.39 Å². The van der Waals surface area contributed by atoms with Gasteiger partial charge in [-0.1, -0.05) is 6.07 Å². The van der Waals surface area contributed by atoms with Gasteiger partial charge in [-0.2, -0.15) is 0 Å². The van der Waals surface area contributed by atoms with Crippen molar-refractivity contribution < 1.29 is 13.9 Å². The number of rotatable bonds is 3. The zero-order chi connectivity index (χ0) is 13.0. The molecule has 1 aromatic rings. The Bertz CT molecular complexity index is 436. The number of hydrogen-bond donors (Lipinski definition) is 2. The van der Waals surface area contributed by atoms with E-state index in [-0.39, 0.29) is 30.7 Å². The first-order valence-corrected chi connectivity index (χ1v) is 6.01. The Labute approximate surface area is 117 Å². The van der Waals surface area contributed by atoms with Gasteiger partial charge in [-0.3, -0.25) is 4.79 Å². The van der Waals surface area contributed by atoms with Crippen molar-refractivity contribution in [3.05, 3.63) is 30.1 Å². The fourth-order valence-corrected chi connectivity index (χ4v) is 2.12. The van der Waals surface area contributed by atoms with Crippen LogP contribution >= 0.6 is 12.4 Å². The molecule has 1 fully saturated rings. The molecule has 1 aliphatic rings. The molecule has 3 N–H and O–H groups in total. The molecule has 1 saturated heterocycles. The molecule has 0 atom stereocenters. The third-order valence-electron chi connectivity index (χ3n) is 3.40. The molecule has 0 unspecified atom stereocenters. The van der Waals surface area contributed by atoms with Crippen LogP contribution in [0.15, 0.2) is 24.3 Å². The zero-order valence-corrected chi connectivity index (χ0v) is 11.3. The summed E-state index contributed by atoms with van der Waals surface area (Å²) in [6.07, 6.45) is 1.20. The number of benzene rings is 1. The Balaban J connectivity index is 0.00000180. The summed E-state index contributed by atoms with van der Waals surface area (Å²) in [5, 5.41) is 2.73. The zero-order valence-electron chi connectivity index (χ0n) is 10.5. The lowest BCUT2D eigenvalue weighted by atomic mass is 9.79. The van der Waals surface area contributed by atoms with Crippen LogP contribution in [0.25, 0.3) is 0 Å². The highest BCUT2D eigenvalue weighted by Crippen LogP contribution is 2.30. The highest BCUT2D eigenvalue weighted by atomic mass is 35.5. The van der Waals surface area contributed by atoms with Gasteiger partial charge in [0.1, 0.15) is 5.82 Å². The molecule has 1 amide bonds. The van der Waals surface area contributed by atoms with Crippen molar-refractivity contribution in [2.24, 2.45) is 11.1 Å². The van der Waals surface area contributed by atoms with Crippen molar-refractivity contribution in [1.82, 2.24) is 0 Å². The Morgan fingerprint density at radius 1 is 1.42 bits per heavy atom. The second kappa shape index (κ2) is 6.84. The van der Waals surface area contributed by atoms with Gasteiger partial charge in [0, 0.05) is 25.4 Å². The Kier molecular flexibility index (Phi) is 5.72. The Hall–Kier alpha value is -1.17. The lowest BCUT2D eigenvalue weighted by Crippen LogP contribution is -2.46. The minimum absolute atomic E-state index is 0. The minimum atomic E-state index is -0.593. The summed E-state index contributed by atoms with van der Waals surface area (Å²) in [6, 6.07) is 5.85. The van der Waals surface area contributed by atoms with Crippen molar-refractivity contribution in [1.29, 1.82) is 0 Å². The number of ether oxygens (including phenoxy) is 1. The summed E-state index contributed by atoms with van der Waals surface area (Å²) in [5.74, 6) is -0.527. The number of anilines is 1. The van der Waals surface area contributed by atoms with Gasteiger partial charge in [0.2, 0.25) is 5.91 Å². The van der Waals surface area contributed by atoms with Crippen molar-refractivity contribution in [3.63, 3.8) is 0 Å². The number of carbonyl (C=O) groups is 1. The van der Waals surface area contributed by atoms with Crippen LogP contribution in [0.5, 0.6) is 0 Å². The van der Waals surface area contributed by atoms with Gasteiger partial charge >= 0.3 is 0 Å². The lowest BCUT2D eigenvalue weighted by molar-refractivity contribution is -0.130. The van der Waals surface area contributed by atoms with Gasteiger partial charge < -0.3 is 15.8 Å². The molecule has 4 nitrogen and oxygen atoms in total. The third kappa shape index (κ3) is 3.65.